The maximum atomic E-state index is 12.7. The Morgan fingerprint density at radius 3 is 2.04 bits per heavy atom. The number of carbonyl (C=O) groups is 2. The molecular formula is C21H31N3O2. The normalized spacial score (nSPS) is 18.6. The molecule has 2 fully saturated rings. The van der Waals surface area contributed by atoms with E-state index in [9.17, 15) is 9.59 Å². The molecule has 0 N–H and O–H groups in total. The van der Waals surface area contributed by atoms with E-state index in [0.29, 0.717) is 38.5 Å². The summed E-state index contributed by atoms with van der Waals surface area (Å²) in [6.45, 7) is 9.98. The number of benzene rings is 1. The monoisotopic (exact) mass is 357 g/mol. The first-order chi connectivity index (χ1) is 12.5. The zero-order chi connectivity index (χ0) is 18.5. The van der Waals surface area contributed by atoms with Crippen molar-refractivity contribution in [3.05, 3.63) is 35.4 Å². The highest BCUT2D eigenvalue weighted by Crippen LogP contribution is 2.16. The second-order valence-corrected chi connectivity index (χ2v) is 7.75. The summed E-state index contributed by atoms with van der Waals surface area (Å²) < 4.78 is 0. The maximum Gasteiger partial charge on any atom is 0.253 e. The van der Waals surface area contributed by atoms with Crippen LogP contribution in [0, 0.1) is 0 Å². The predicted molar refractivity (Wildman–Crippen MR) is 103 cm³/mol. The van der Waals surface area contributed by atoms with Crippen molar-refractivity contribution in [3.8, 4) is 0 Å². The Kier molecular flexibility index (Phi) is 6.30. The Bertz CT molecular complexity index is 613. The minimum Gasteiger partial charge on any atom is -0.339 e. The molecule has 142 valence electrons. The van der Waals surface area contributed by atoms with E-state index in [0.717, 1.165) is 25.2 Å². The zero-order valence-corrected chi connectivity index (χ0v) is 16.1. The highest BCUT2D eigenvalue weighted by Gasteiger charge is 2.25. The van der Waals surface area contributed by atoms with E-state index in [1.165, 1.54) is 18.4 Å². The molecule has 0 radical (unpaired) electrons. The standard InChI is InChI=1S/C21H31N3O2/c1-17(2)18-5-7-19(8-6-18)21(26)24-15-13-23(14-16-24)20(25)9-12-22-10-3-4-11-22/h5-8,17H,3-4,9-16H2,1-2H3. The largest absolute Gasteiger partial charge is 0.339 e. The molecule has 0 unspecified atom stereocenters. The van der Waals surface area contributed by atoms with Gasteiger partial charge in [-0.25, -0.2) is 0 Å². The maximum absolute atomic E-state index is 12.7. The van der Waals surface area contributed by atoms with Gasteiger partial charge in [-0.2, -0.15) is 0 Å². The first-order valence-corrected chi connectivity index (χ1v) is 9.94. The van der Waals surface area contributed by atoms with E-state index in [1.54, 1.807) is 0 Å². The molecule has 3 rings (SSSR count). The molecule has 5 heteroatoms. The molecule has 5 nitrogen and oxygen atoms in total. The van der Waals surface area contributed by atoms with Gasteiger partial charge < -0.3 is 14.7 Å². The fraction of sp³-hybridized carbons (Fsp3) is 0.619. The lowest BCUT2D eigenvalue weighted by Crippen LogP contribution is -2.51. The zero-order valence-electron chi connectivity index (χ0n) is 16.1. The summed E-state index contributed by atoms with van der Waals surface area (Å²) in [6, 6.07) is 7.92. The summed E-state index contributed by atoms with van der Waals surface area (Å²) in [5.74, 6) is 0.768. The summed E-state index contributed by atoms with van der Waals surface area (Å²) in [5.41, 5.74) is 1.98. The lowest BCUT2D eigenvalue weighted by molar-refractivity contribution is -0.133. The Morgan fingerprint density at radius 1 is 0.885 bits per heavy atom. The van der Waals surface area contributed by atoms with Gasteiger partial charge in [0.25, 0.3) is 5.91 Å². The van der Waals surface area contributed by atoms with Gasteiger partial charge in [-0.05, 0) is 49.5 Å². The molecular weight excluding hydrogens is 326 g/mol. The quantitative estimate of drug-likeness (QED) is 0.814. The Labute approximate surface area is 156 Å². The number of hydrogen-bond acceptors (Lipinski definition) is 3. The van der Waals surface area contributed by atoms with Gasteiger partial charge in [-0.1, -0.05) is 26.0 Å². The van der Waals surface area contributed by atoms with Gasteiger partial charge in [0.1, 0.15) is 0 Å². The molecule has 0 spiro atoms. The third-order valence-electron chi connectivity index (χ3n) is 5.58. The molecule has 2 heterocycles. The first-order valence-electron chi connectivity index (χ1n) is 9.94. The number of amides is 2. The van der Waals surface area contributed by atoms with E-state index < -0.39 is 0 Å². The molecule has 2 amide bonds. The molecule has 26 heavy (non-hydrogen) atoms. The van der Waals surface area contributed by atoms with E-state index >= 15 is 0 Å². The van der Waals surface area contributed by atoms with Crippen LogP contribution < -0.4 is 0 Å². The van der Waals surface area contributed by atoms with Crippen LogP contribution in [-0.2, 0) is 4.79 Å². The average Bonchev–Trinajstić information content (AvgIpc) is 3.19. The fourth-order valence-electron chi connectivity index (χ4n) is 3.77. The molecule has 1 aromatic rings. The van der Waals surface area contributed by atoms with Crippen molar-refractivity contribution >= 4 is 11.8 Å². The van der Waals surface area contributed by atoms with Crippen LogP contribution in [0.5, 0.6) is 0 Å². The summed E-state index contributed by atoms with van der Waals surface area (Å²) in [6.07, 6.45) is 3.12. The van der Waals surface area contributed by atoms with Gasteiger partial charge in [0.15, 0.2) is 0 Å². The summed E-state index contributed by atoms with van der Waals surface area (Å²) in [7, 11) is 0. The van der Waals surface area contributed by atoms with Gasteiger partial charge in [0.2, 0.25) is 5.91 Å². The lowest BCUT2D eigenvalue weighted by atomic mass is 10.0. The minimum absolute atomic E-state index is 0.0736. The first kappa shape index (κ1) is 18.9. The van der Waals surface area contributed by atoms with Crippen LogP contribution in [0.25, 0.3) is 0 Å². The van der Waals surface area contributed by atoms with Crippen molar-refractivity contribution in [2.75, 3.05) is 45.8 Å². The Hall–Kier alpha value is -1.88. The van der Waals surface area contributed by atoms with Crippen LogP contribution in [0.3, 0.4) is 0 Å². The summed E-state index contributed by atoms with van der Waals surface area (Å²) >= 11 is 0. The number of likely N-dealkylation sites (tertiary alicyclic amines) is 1. The predicted octanol–water partition coefficient (Wildman–Crippen LogP) is 2.58. The average molecular weight is 357 g/mol. The molecule has 1 aromatic carbocycles. The van der Waals surface area contributed by atoms with Crippen LogP contribution in [0.15, 0.2) is 24.3 Å². The smallest absolute Gasteiger partial charge is 0.253 e. The third kappa shape index (κ3) is 4.64. The van der Waals surface area contributed by atoms with Crippen molar-refractivity contribution in [1.29, 1.82) is 0 Å². The summed E-state index contributed by atoms with van der Waals surface area (Å²) in [4.78, 5) is 31.2. The topological polar surface area (TPSA) is 43.9 Å². The van der Waals surface area contributed by atoms with Gasteiger partial charge in [-0.3, -0.25) is 9.59 Å². The van der Waals surface area contributed by atoms with Crippen LogP contribution in [0.2, 0.25) is 0 Å². The Morgan fingerprint density at radius 2 is 1.46 bits per heavy atom. The number of carbonyl (C=O) groups excluding carboxylic acids is 2. The number of hydrogen-bond donors (Lipinski definition) is 0. The lowest BCUT2D eigenvalue weighted by Gasteiger charge is -2.35. The molecule has 0 aromatic heterocycles. The van der Waals surface area contributed by atoms with Crippen molar-refractivity contribution in [2.45, 2.75) is 39.0 Å². The fourth-order valence-corrected chi connectivity index (χ4v) is 3.77. The molecule has 2 aliphatic heterocycles. The molecule has 2 saturated heterocycles. The van der Waals surface area contributed by atoms with Gasteiger partial charge in [0.05, 0.1) is 0 Å². The molecule has 0 saturated carbocycles. The second kappa shape index (κ2) is 8.67. The van der Waals surface area contributed by atoms with E-state index in [2.05, 4.69) is 18.7 Å². The van der Waals surface area contributed by atoms with Crippen LogP contribution in [0.4, 0.5) is 0 Å². The van der Waals surface area contributed by atoms with Gasteiger partial charge >= 0.3 is 0 Å². The molecule has 0 bridgehead atoms. The van der Waals surface area contributed by atoms with Gasteiger partial charge in [-0.15, -0.1) is 0 Å². The minimum atomic E-state index is 0.0736. The van der Waals surface area contributed by atoms with Crippen molar-refractivity contribution < 1.29 is 9.59 Å². The number of nitrogens with zero attached hydrogens (tertiary/aromatic N) is 3. The molecule has 0 aliphatic carbocycles. The van der Waals surface area contributed by atoms with Crippen molar-refractivity contribution in [1.82, 2.24) is 14.7 Å². The van der Waals surface area contributed by atoms with Crippen LogP contribution >= 0.6 is 0 Å². The van der Waals surface area contributed by atoms with E-state index in [4.69, 9.17) is 0 Å². The van der Waals surface area contributed by atoms with E-state index in [1.807, 2.05) is 34.1 Å². The van der Waals surface area contributed by atoms with Gasteiger partial charge in [0, 0.05) is 44.7 Å². The van der Waals surface area contributed by atoms with Crippen LogP contribution in [0.1, 0.15) is 54.9 Å². The van der Waals surface area contributed by atoms with Crippen molar-refractivity contribution in [2.24, 2.45) is 0 Å². The highest BCUT2D eigenvalue weighted by molar-refractivity contribution is 5.94. The Balaban J connectivity index is 1.46. The van der Waals surface area contributed by atoms with Crippen LogP contribution in [-0.4, -0.2) is 72.3 Å². The highest BCUT2D eigenvalue weighted by atomic mass is 16.2. The molecule has 0 atom stereocenters. The SMILES string of the molecule is CC(C)c1ccc(C(=O)N2CCN(C(=O)CCN3CCCC3)CC2)cc1. The third-order valence-corrected chi connectivity index (χ3v) is 5.58. The number of piperazine rings is 1. The second-order valence-electron chi connectivity index (χ2n) is 7.75. The number of rotatable bonds is 5. The molecule has 2 aliphatic rings. The van der Waals surface area contributed by atoms with Crippen molar-refractivity contribution in [3.63, 3.8) is 0 Å². The summed E-state index contributed by atoms with van der Waals surface area (Å²) in [5, 5.41) is 0. The van der Waals surface area contributed by atoms with E-state index in [-0.39, 0.29) is 11.8 Å².